The van der Waals surface area contributed by atoms with Crippen LogP contribution in [-0.4, -0.2) is 19.3 Å². The lowest BCUT2D eigenvalue weighted by Crippen LogP contribution is -2.25. The van der Waals surface area contributed by atoms with Crippen molar-refractivity contribution < 1.29 is 13.2 Å². The number of carbonyl (C=O) groups excluding carboxylic acids is 1. The number of primary sulfonamides is 1. The normalized spacial score (nSPS) is 12.8. The molecule has 0 radical (unpaired) electrons. The predicted molar refractivity (Wildman–Crippen MR) is 117 cm³/mol. The number of amides is 1. The lowest BCUT2D eigenvalue weighted by molar-refractivity contribution is 0.0944. The maximum atomic E-state index is 12.6. The van der Waals surface area contributed by atoms with E-state index in [1.54, 1.807) is 29.5 Å². The third kappa shape index (κ3) is 4.23. The number of nitrogens with zero attached hydrogens (tertiary/aromatic N) is 1. The fraction of sp³-hybridized carbons (Fsp3) is 0.100. The van der Waals surface area contributed by atoms with Gasteiger partial charge in [0.2, 0.25) is 10.0 Å². The SMILES string of the molecule is CC(NC(=O)c1ccc(-c2nc3ccccc3s2)s1)c1ccc(S(N)(=O)=O)cc1. The van der Waals surface area contributed by atoms with Gasteiger partial charge in [0.25, 0.3) is 5.91 Å². The molecule has 148 valence electrons. The number of thiophene rings is 1. The predicted octanol–water partition coefficient (Wildman–Crippen LogP) is 4.16. The van der Waals surface area contributed by atoms with Crippen molar-refractivity contribution >= 4 is 48.8 Å². The summed E-state index contributed by atoms with van der Waals surface area (Å²) in [5, 5.41) is 8.94. The van der Waals surface area contributed by atoms with E-state index in [9.17, 15) is 13.2 Å². The van der Waals surface area contributed by atoms with Gasteiger partial charge in [-0.2, -0.15) is 0 Å². The molecule has 29 heavy (non-hydrogen) atoms. The molecule has 2 aromatic heterocycles. The number of nitrogens with one attached hydrogen (secondary N) is 1. The minimum absolute atomic E-state index is 0.0403. The zero-order valence-corrected chi connectivity index (χ0v) is 17.8. The highest BCUT2D eigenvalue weighted by Gasteiger charge is 2.16. The number of hydrogen-bond acceptors (Lipinski definition) is 6. The smallest absolute Gasteiger partial charge is 0.261 e. The molecule has 0 bridgehead atoms. The Bertz CT molecular complexity index is 1260. The Morgan fingerprint density at radius 1 is 1.03 bits per heavy atom. The van der Waals surface area contributed by atoms with Gasteiger partial charge in [0, 0.05) is 0 Å². The molecule has 0 fully saturated rings. The Balaban J connectivity index is 1.49. The van der Waals surface area contributed by atoms with E-state index in [-0.39, 0.29) is 16.8 Å². The van der Waals surface area contributed by atoms with Crippen LogP contribution in [0.5, 0.6) is 0 Å². The summed E-state index contributed by atoms with van der Waals surface area (Å²) in [6.45, 7) is 1.84. The molecule has 0 aliphatic rings. The standard InChI is InChI=1S/C20H17N3O3S3/c1-12(13-6-8-14(9-7-13)29(21,25)26)22-19(24)17-10-11-18(27-17)20-23-15-4-2-3-5-16(15)28-20/h2-12H,1H3,(H,22,24)(H2,21,25,26). The zero-order chi connectivity index (χ0) is 20.6. The van der Waals surface area contributed by atoms with E-state index >= 15 is 0 Å². The summed E-state index contributed by atoms with van der Waals surface area (Å²) in [5.41, 5.74) is 1.73. The molecule has 0 aliphatic heterocycles. The van der Waals surface area contributed by atoms with Crippen molar-refractivity contribution in [2.45, 2.75) is 17.9 Å². The molecule has 4 rings (SSSR count). The zero-order valence-electron chi connectivity index (χ0n) is 15.3. The summed E-state index contributed by atoms with van der Waals surface area (Å²) in [6, 6.07) is 17.5. The minimum atomic E-state index is -3.74. The van der Waals surface area contributed by atoms with E-state index in [1.807, 2.05) is 37.3 Å². The van der Waals surface area contributed by atoms with Crippen molar-refractivity contribution in [3.63, 3.8) is 0 Å². The molecule has 0 saturated heterocycles. The summed E-state index contributed by atoms with van der Waals surface area (Å²) in [7, 11) is -3.74. The van der Waals surface area contributed by atoms with Crippen molar-refractivity contribution in [3.8, 4) is 9.88 Å². The van der Waals surface area contributed by atoms with Gasteiger partial charge in [-0.25, -0.2) is 18.5 Å². The first-order valence-corrected chi connectivity index (χ1v) is 11.9. The van der Waals surface area contributed by atoms with Crippen LogP contribution in [0, 0.1) is 0 Å². The van der Waals surface area contributed by atoms with Crippen LogP contribution in [-0.2, 0) is 10.0 Å². The molecular weight excluding hydrogens is 426 g/mol. The van der Waals surface area contributed by atoms with Crippen molar-refractivity contribution in [1.82, 2.24) is 10.3 Å². The van der Waals surface area contributed by atoms with Gasteiger partial charge in [0.05, 0.1) is 30.9 Å². The maximum Gasteiger partial charge on any atom is 0.261 e. The molecule has 6 nitrogen and oxygen atoms in total. The topological polar surface area (TPSA) is 102 Å². The fourth-order valence-electron chi connectivity index (χ4n) is 2.85. The van der Waals surface area contributed by atoms with E-state index < -0.39 is 10.0 Å². The van der Waals surface area contributed by atoms with Crippen LogP contribution in [0.4, 0.5) is 0 Å². The number of benzene rings is 2. The van der Waals surface area contributed by atoms with Gasteiger partial charge in [-0.15, -0.1) is 22.7 Å². The van der Waals surface area contributed by atoms with Gasteiger partial charge >= 0.3 is 0 Å². The molecular formula is C20H17N3O3S3. The molecule has 3 N–H and O–H groups in total. The maximum absolute atomic E-state index is 12.6. The number of para-hydroxylation sites is 1. The van der Waals surface area contributed by atoms with Crippen LogP contribution in [0.2, 0.25) is 0 Å². The van der Waals surface area contributed by atoms with Crippen molar-refractivity contribution in [2.75, 3.05) is 0 Å². The number of nitrogens with two attached hydrogens (primary N) is 1. The lowest BCUT2D eigenvalue weighted by Gasteiger charge is -2.14. The van der Waals surface area contributed by atoms with Gasteiger partial charge in [-0.05, 0) is 48.9 Å². The molecule has 0 saturated carbocycles. The van der Waals surface area contributed by atoms with Gasteiger partial charge in [-0.3, -0.25) is 4.79 Å². The highest BCUT2D eigenvalue weighted by molar-refractivity contribution is 7.89. The average molecular weight is 444 g/mol. The number of aromatic nitrogens is 1. The van der Waals surface area contributed by atoms with Crippen molar-refractivity contribution in [1.29, 1.82) is 0 Å². The number of hydrogen-bond donors (Lipinski definition) is 2. The molecule has 4 aromatic rings. The number of sulfonamides is 1. The van der Waals surface area contributed by atoms with Crippen LogP contribution in [0.25, 0.3) is 20.1 Å². The van der Waals surface area contributed by atoms with Crippen LogP contribution >= 0.6 is 22.7 Å². The molecule has 1 amide bonds. The van der Waals surface area contributed by atoms with E-state index in [1.165, 1.54) is 23.5 Å². The van der Waals surface area contributed by atoms with Crippen LogP contribution in [0.15, 0.2) is 65.6 Å². The molecule has 2 heterocycles. The van der Waals surface area contributed by atoms with Crippen molar-refractivity contribution in [2.24, 2.45) is 5.14 Å². The molecule has 9 heteroatoms. The number of rotatable bonds is 5. The van der Waals surface area contributed by atoms with Gasteiger partial charge in [0.15, 0.2) is 0 Å². The van der Waals surface area contributed by atoms with Crippen LogP contribution in [0.3, 0.4) is 0 Å². The fourth-order valence-corrected chi connectivity index (χ4v) is 5.29. The summed E-state index contributed by atoms with van der Waals surface area (Å²) < 4.78 is 23.8. The third-order valence-electron chi connectivity index (χ3n) is 4.39. The first-order chi connectivity index (χ1) is 13.8. The summed E-state index contributed by atoms with van der Waals surface area (Å²) in [6.07, 6.45) is 0. The highest BCUT2D eigenvalue weighted by Crippen LogP contribution is 2.34. The first-order valence-electron chi connectivity index (χ1n) is 8.71. The lowest BCUT2D eigenvalue weighted by atomic mass is 10.1. The van der Waals surface area contributed by atoms with Gasteiger partial charge in [-0.1, -0.05) is 24.3 Å². The quantitative estimate of drug-likeness (QED) is 0.483. The molecule has 0 aliphatic carbocycles. The van der Waals surface area contributed by atoms with E-state index in [0.717, 1.165) is 25.7 Å². The first kappa shape index (κ1) is 19.7. The van der Waals surface area contributed by atoms with Gasteiger partial charge < -0.3 is 5.32 Å². The Kier molecular flexibility index (Phi) is 5.22. The van der Waals surface area contributed by atoms with E-state index in [0.29, 0.717) is 4.88 Å². The molecule has 1 unspecified atom stereocenters. The highest BCUT2D eigenvalue weighted by atomic mass is 32.2. The third-order valence-corrected chi connectivity index (χ3v) is 7.61. The second-order valence-corrected chi connectivity index (χ2v) is 10.1. The number of fused-ring (bicyclic) bond motifs is 1. The van der Waals surface area contributed by atoms with E-state index in [4.69, 9.17) is 5.14 Å². The average Bonchev–Trinajstić information content (AvgIpc) is 3.34. The number of carbonyl (C=O) groups is 1. The Labute approximate surface area is 176 Å². The second kappa shape index (κ2) is 7.68. The number of thiazole rings is 1. The van der Waals surface area contributed by atoms with E-state index in [2.05, 4.69) is 10.3 Å². The summed E-state index contributed by atoms with van der Waals surface area (Å²) >= 11 is 2.99. The Hall–Kier alpha value is -2.59. The van der Waals surface area contributed by atoms with Crippen LogP contribution < -0.4 is 10.5 Å². The monoisotopic (exact) mass is 443 g/mol. The summed E-state index contributed by atoms with van der Waals surface area (Å²) in [5.74, 6) is -0.189. The molecule has 0 spiro atoms. The second-order valence-electron chi connectivity index (χ2n) is 6.46. The Morgan fingerprint density at radius 2 is 1.76 bits per heavy atom. The largest absolute Gasteiger partial charge is 0.345 e. The Morgan fingerprint density at radius 3 is 2.45 bits per heavy atom. The van der Waals surface area contributed by atoms with Crippen molar-refractivity contribution in [3.05, 3.63) is 71.1 Å². The minimum Gasteiger partial charge on any atom is -0.345 e. The molecule has 1 atom stereocenters. The van der Waals surface area contributed by atoms with Crippen LogP contribution in [0.1, 0.15) is 28.2 Å². The van der Waals surface area contributed by atoms with Gasteiger partial charge in [0.1, 0.15) is 5.01 Å². The summed E-state index contributed by atoms with van der Waals surface area (Å²) in [4.78, 5) is 18.8. The molecule has 2 aromatic carbocycles.